The zero-order valence-corrected chi connectivity index (χ0v) is 26.8. The van der Waals surface area contributed by atoms with Crippen LogP contribution in [0.5, 0.6) is 0 Å². The first-order valence-electron chi connectivity index (χ1n) is 13.7. The number of hydrogen-bond acceptors (Lipinski definition) is 13. The summed E-state index contributed by atoms with van der Waals surface area (Å²) < 4.78 is 44.4. The first-order valence-corrected chi connectivity index (χ1v) is 15.3. The number of carbonyl (C=O) groups excluding carboxylic acids is 3. The third-order valence-electron chi connectivity index (χ3n) is 5.32. The van der Waals surface area contributed by atoms with Crippen LogP contribution >= 0.6 is 7.60 Å². The molecule has 0 amide bonds. The highest BCUT2D eigenvalue weighted by atomic mass is 31.2. The molecule has 2 aromatic rings. The molecule has 0 atom stereocenters. The predicted octanol–water partition coefficient (Wildman–Crippen LogP) is 2.91. The minimum atomic E-state index is -4.28. The SMILES string of the molecule is CCOC(=O)C(Cc1cn(CC(=O)OC(C)(C)C)nn1)(Cc1cn(CC(=O)OC(C)(C)C)nn1)P(=O)(OCC)OCC. The Hall–Kier alpha value is -3.16. The highest BCUT2D eigenvalue weighted by Gasteiger charge is 2.59. The summed E-state index contributed by atoms with van der Waals surface area (Å²) in [6.07, 6.45) is 2.30. The fourth-order valence-electron chi connectivity index (χ4n) is 4.01. The van der Waals surface area contributed by atoms with Crippen LogP contribution in [0.2, 0.25) is 0 Å². The van der Waals surface area contributed by atoms with E-state index in [-0.39, 0.29) is 57.1 Å². The minimum absolute atomic E-state index is 0.0184. The first kappa shape index (κ1) is 35.0. The number of ether oxygens (including phenoxy) is 3. The third kappa shape index (κ3) is 9.99. The highest BCUT2D eigenvalue weighted by Crippen LogP contribution is 2.62. The average molecular weight is 615 g/mol. The van der Waals surface area contributed by atoms with Crippen molar-refractivity contribution in [3.05, 3.63) is 23.8 Å². The Kier molecular flexibility index (Phi) is 12.0. The number of aromatic nitrogens is 6. The molecule has 0 N–H and O–H groups in total. The second kappa shape index (κ2) is 14.3. The molecule has 0 bridgehead atoms. The zero-order chi connectivity index (χ0) is 31.8. The number of esters is 3. The maximum atomic E-state index is 14.4. The fourth-order valence-corrected chi connectivity index (χ4v) is 6.26. The van der Waals surface area contributed by atoms with Gasteiger partial charge in [0, 0.05) is 25.2 Å². The quantitative estimate of drug-likeness (QED) is 0.163. The van der Waals surface area contributed by atoms with Crippen LogP contribution in [0.4, 0.5) is 0 Å². The van der Waals surface area contributed by atoms with Gasteiger partial charge < -0.3 is 23.3 Å². The lowest BCUT2D eigenvalue weighted by Crippen LogP contribution is -2.46. The van der Waals surface area contributed by atoms with Gasteiger partial charge in [0.1, 0.15) is 24.3 Å². The molecule has 0 saturated carbocycles. The first-order chi connectivity index (χ1) is 19.5. The van der Waals surface area contributed by atoms with E-state index < -0.39 is 41.9 Å². The van der Waals surface area contributed by atoms with Crippen LogP contribution in [-0.4, -0.2) is 84.1 Å². The van der Waals surface area contributed by atoms with E-state index in [1.54, 1.807) is 62.3 Å². The van der Waals surface area contributed by atoms with Gasteiger partial charge in [-0.3, -0.25) is 18.9 Å². The fraction of sp³-hybridized carbons (Fsp3) is 0.731. The lowest BCUT2D eigenvalue weighted by atomic mass is 9.96. The Bertz CT molecular complexity index is 1180. The lowest BCUT2D eigenvalue weighted by Gasteiger charge is -2.35. The van der Waals surface area contributed by atoms with Crippen molar-refractivity contribution in [3.63, 3.8) is 0 Å². The van der Waals surface area contributed by atoms with E-state index in [0.717, 1.165) is 0 Å². The molecule has 0 spiro atoms. The summed E-state index contributed by atoms with van der Waals surface area (Å²) in [5.74, 6) is -1.93. The van der Waals surface area contributed by atoms with Gasteiger partial charge in [-0.15, -0.1) is 10.2 Å². The molecule has 2 rings (SSSR count). The smallest absolute Gasteiger partial charge is 0.348 e. The summed E-state index contributed by atoms with van der Waals surface area (Å²) >= 11 is 0. The Balaban J connectivity index is 2.52. The van der Waals surface area contributed by atoms with Crippen LogP contribution in [0.3, 0.4) is 0 Å². The van der Waals surface area contributed by atoms with E-state index in [1.165, 1.54) is 21.8 Å². The Morgan fingerprint density at radius 2 is 1.14 bits per heavy atom. The molecule has 15 nitrogen and oxygen atoms in total. The molecule has 16 heteroatoms. The van der Waals surface area contributed by atoms with E-state index in [1.807, 2.05) is 0 Å². The van der Waals surface area contributed by atoms with Crippen LogP contribution < -0.4 is 0 Å². The van der Waals surface area contributed by atoms with Crippen molar-refractivity contribution in [2.45, 2.75) is 105 Å². The van der Waals surface area contributed by atoms with Crippen molar-refractivity contribution < 1.29 is 42.2 Å². The van der Waals surface area contributed by atoms with Crippen molar-refractivity contribution in [1.29, 1.82) is 0 Å². The topological polar surface area (TPSA) is 176 Å². The normalized spacial score (nSPS) is 12.7. The minimum Gasteiger partial charge on any atom is -0.465 e. The Labute approximate surface area is 246 Å². The van der Waals surface area contributed by atoms with E-state index in [9.17, 15) is 18.9 Å². The highest BCUT2D eigenvalue weighted by molar-refractivity contribution is 7.56. The molecule has 2 heterocycles. The summed E-state index contributed by atoms with van der Waals surface area (Å²) in [6.45, 7) is 14.8. The van der Waals surface area contributed by atoms with Crippen molar-refractivity contribution in [2.24, 2.45) is 0 Å². The number of carbonyl (C=O) groups is 3. The molecule has 0 unspecified atom stereocenters. The second-order valence-electron chi connectivity index (χ2n) is 11.4. The molecule has 236 valence electrons. The molecule has 0 aromatic carbocycles. The van der Waals surface area contributed by atoms with Gasteiger partial charge in [0.2, 0.25) is 0 Å². The molecule has 0 aliphatic heterocycles. The van der Waals surface area contributed by atoms with Gasteiger partial charge >= 0.3 is 25.5 Å². The van der Waals surface area contributed by atoms with Gasteiger partial charge in [-0.1, -0.05) is 10.4 Å². The molecular formula is C26H43N6O9P. The molecule has 42 heavy (non-hydrogen) atoms. The molecule has 0 fully saturated rings. The molecule has 0 aliphatic carbocycles. The predicted molar refractivity (Wildman–Crippen MR) is 149 cm³/mol. The van der Waals surface area contributed by atoms with Gasteiger partial charge in [-0.25, -0.2) is 9.36 Å². The number of hydrogen-bond donors (Lipinski definition) is 0. The maximum absolute atomic E-state index is 14.4. The van der Waals surface area contributed by atoms with Crippen LogP contribution in [0.15, 0.2) is 12.4 Å². The van der Waals surface area contributed by atoms with Crippen molar-refractivity contribution in [1.82, 2.24) is 30.0 Å². The van der Waals surface area contributed by atoms with E-state index in [2.05, 4.69) is 20.6 Å². The maximum Gasteiger partial charge on any atom is 0.348 e. The van der Waals surface area contributed by atoms with Gasteiger partial charge in [0.25, 0.3) is 0 Å². The summed E-state index contributed by atoms with van der Waals surface area (Å²) in [5, 5.41) is 14.2. The standard InChI is InChI=1S/C26H43N6O9P/c1-10-37-23(35)26(42(36,38-11-2)39-12-3,13-19-15-31(29-27-19)17-21(33)40-24(4,5)6)14-20-16-32(30-28-20)18-22(34)41-25(7,8)9/h15-16H,10-14,17-18H2,1-9H3. The van der Waals surface area contributed by atoms with E-state index in [4.69, 9.17) is 23.3 Å². The van der Waals surface area contributed by atoms with E-state index in [0.29, 0.717) is 0 Å². The number of rotatable bonds is 15. The Morgan fingerprint density at radius 1 is 0.738 bits per heavy atom. The zero-order valence-electron chi connectivity index (χ0n) is 25.9. The van der Waals surface area contributed by atoms with Gasteiger partial charge in [0.05, 0.1) is 31.2 Å². The largest absolute Gasteiger partial charge is 0.465 e. The van der Waals surface area contributed by atoms with Crippen LogP contribution in [0, 0.1) is 0 Å². The summed E-state index contributed by atoms with van der Waals surface area (Å²) in [6, 6.07) is 0. The van der Waals surface area contributed by atoms with E-state index >= 15 is 0 Å². The number of nitrogens with zero attached hydrogens (tertiary/aromatic N) is 6. The lowest BCUT2D eigenvalue weighted by molar-refractivity contribution is -0.157. The molecule has 0 radical (unpaired) electrons. The summed E-state index contributed by atoms with van der Waals surface area (Å²) in [5.41, 5.74) is -0.954. The molecule has 0 saturated heterocycles. The van der Waals surface area contributed by atoms with Gasteiger partial charge in [0.15, 0.2) is 5.16 Å². The average Bonchev–Trinajstić information content (AvgIpc) is 3.45. The summed E-state index contributed by atoms with van der Waals surface area (Å²) in [4.78, 5) is 38.4. The molecule has 0 aliphatic rings. The van der Waals surface area contributed by atoms with Crippen molar-refractivity contribution in [2.75, 3.05) is 19.8 Å². The van der Waals surface area contributed by atoms with Crippen LogP contribution in [-0.2, 0) is 68.1 Å². The monoisotopic (exact) mass is 614 g/mol. The molecular weight excluding hydrogens is 571 g/mol. The van der Waals surface area contributed by atoms with Crippen molar-refractivity contribution >= 4 is 25.5 Å². The second-order valence-corrected chi connectivity index (χ2v) is 13.8. The van der Waals surface area contributed by atoms with Crippen LogP contribution in [0.1, 0.15) is 73.7 Å². The van der Waals surface area contributed by atoms with Gasteiger partial charge in [-0.05, 0) is 62.3 Å². The van der Waals surface area contributed by atoms with Crippen molar-refractivity contribution in [3.8, 4) is 0 Å². The Morgan fingerprint density at radius 3 is 1.48 bits per heavy atom. The van der Waals surface area contributed by atoms with Crippen LogP contribution in [0.25, 0.3) is 0 Å². The van der Waals surface area contributed by atoms with Gasteiger partial charge in [-0.2, -0.15) is 0 Å². The third-order valence-corrected chi connectivity index (χ3v) is 8.06. The summed E-state index contributed by atoms with van der Waals surface area (Å²) in [7, 11) is -4.28. The molecule has 2 aromatic heterocycles.